The number of hydrogen-bond donors (Lipinski definition) is 1. The highest BCUT2D eigenvalue weighted by molar-refractivity contribution is 5.94. The summed E-state index contributed by atoms with van der Waals surface area (Å²) in [5.41, 5.74) is 3.13. The molecule has 0 radical (unpaired) electrons. The van der Waals surface area contributed by atoms with Gasteiger partial charge in [0.2, 0.25) is 5.91 Å². The molecule has 1 amide bonds. The molecule has 1 saturated heterocycles. The minimum Gasteiger partial charge on any atom is -0.372 e. The van der Waals surface area contributed by atoms with Crippen LogP contribution < -0.4 is 15.1 Å². The summed E-state index contributed by atoms with van der Waals surface area (Å²) in [7, 11) is 1.92. The van der Waals surface area contributed by atoms with Crippen molar-refractivity contribution in [3.63, 3.8) is 0 Å². The maximum atomic E-state index is 12.2. The van der Waals surface area contributed by atoms with E-state index in [1.54, 1.807) is 0 Å². The van der Waals surface area contributed by atoms with Crippen LogP contribution in [0.3, 0.4) is 0 Å². The third kappa shape index (κ3) is 4.28. The summed E-state index contributed by atoms with van der Waals surface area (Å²) in [6.07, 6.45) is 3.87. The van der Waals surface area contributed by atoms with Gasteiger partial charge >= 0.3 is 0 Å². The number of nitrogens with zero attached hydrogens (tertiary/aromatic N) is 2. The monoisotopic (exact) mass is 323 g/mol. The third-order valence-electron chi connectivity index (χ3n) is 4.45. The van der Waals surface area contributed by atoms with Crippen molar-refractivity contribution >= 4 is 23.0 Å². The summed E-state index contributed by atoms with van der Waals surface area (Å²) in [5, 5.41) is 2.97. The molecule has 1 heterocycles. The van der Waals surface area contributed by atoms with Gasteiger partial charge in [0, 0.05) is 37.2 Å². The molecule has 1 aliphatic heterocycles. The molecule has 126 valence electrons. The number of amides is 1. The molecule has 2 aromatic rings. The summed E-state index contributed by atoms with van der Waals surface area (Å²) in [5.74, 6) is -0.00734. The fraction of sp³-hybridized carbons (Fsp3) is 0.350. The van der Waals surface area contributed by atoms with Crippen molar-refractivity contribution in [2.75, 3.05) is 41.8 Å². The van der Waals surface area contributed by atoms with Gasteiger partial charge in [-0.15, -0.1) is 0 Å². The first-order valence-corrected chi connectivity index (χ1v) is 8.63. The van der Waals surface area contributed by atoms with E-state index in [-0.39, 0.29) is 5.91 Å². The van der Waals surface area contributed by atoms with E-state index in [4.69, 9.17) is 0 Å². The lowest BCUT2D eigenvalue weighted by Crippen LogP contribution is -2.30. The first-order chi connectivity index (χ1) is 11.7. The third-order valence-corrected chi connectivity index (χ3v) is 4.45. The second-order valence-corrected chi connectivity index (χ2v) is 6.33. The zero-order chi connectivity index (χ0) is 16.8. The average Bonchev–Trinajstić information content (AvgIpc) is 2.64. The largest absolute Gasteiger partial charge is 0.372 e. The van der Waals surface area contributed by atoms with E-state index >= 15 is 0 Å². The van der Waals surface area contributed by atoms with Gasteiger partial charge in [-0.25, -0.2) is 0 Å². The molecule has 3 rings (SSSR count). The number of likely N-dealkylation sites (N-methyl/N-ethyl adjacent to an activating group) is 1. The van der Waals surface area contributed by atoms with Gasteiger partial charge in [0.1, 0.15) is 0 Å². The highest BCUT2D eigenvalue weighted by Crippen LogP contribution is 2.21. The number of benzene rings is 2. The van der Waals surface area contributed by atoms with Crippen molar-refractivity contribution in [1.82, 2.24) is 0 Å². The van der Waals surface area contributed by atoms with Crippen LogP contribution in [0.25, 0.3) is 0 Å². The summed E-state index contributed by atoms with van der Waals surface area (Å²) in [6.45, 7) is 2.60. The van der Waals surface area contributed by atoms with Crippen molar-refractivity contribution in [2.45, 2.75) is 19.3 Å². The number of hydrogen-bond acceptors (Lipinski definition) is 3. The van der Waals surface area contributed by atoms with E-state index in [9.17, 15) is 4.79 Å². The van der Waals surface area contributed by atoms with Crippen LogP contribution in [-0.2, 0) is 4.79 Å². The van der Waals surface area contributed by atoms with Gasteiger partial charge in [-0.1, -0.05) is 18.2 Å². The zero-order valence-corrected chi connectivity index (χ0v) is 14.2. The van der Waals surface area contributed by atoms with Crippen molar-refractivity contribution in [2.24, 2.45) is 0 Å². The molecule has 0 spiro atoms. The Morgan fingerprint density at radius 1 is 1.00 bits per heavy atom. The molecule has 4 heteroatoms. The Bertz CT molecular complexity index is 648. The van der Waals surface area contributed by atoms with Crippen LogP contribution in [0.2, 0.25) is 0 Å². The van der Waals surface area contributed by atoms with Crippen molar-refractivity contribution in [3.8, 4) is 0 Å². The van der Waals surface area contributed by atoms with E-state index in [2.05, 4.69) is 22.3 Å². The van der Waals surface area contributed by atoms with E-state index in [1.165, 1.54) is 24.9 Å². The van der Waals surface area contributed by atoms with E-state index in [0.29, 0.717) is 6.54 Å². The topological polar surface area (TPSA) is 35.6 Å². The number of carbonyl (C=O) groups excluding carboxylic acids is 1. The predicted molar refractivity (Wildman–Crippen MR) is 101 cm³/mol. The number of anilines is 3. The molecule has 4 nitrogen and oxygen atoms in total. The Kier molecular flexibility index (Phi) is 5.36. The molecule has 0 bridgehead atoms. The quantitative estimate of drug-likeness (QED) is 0.910. The van der Waals surface area contributed by atoms with Crippen LogP contribution in [-0.4, -0.2) is 32.6 Å². The molecule has 0 aromatic heterocycles. The van der Waals surface area contributed by atoms with Crippen molar-refractivity contribution in [3.05, 3.63) is 54.6 Å². The maximum Gasteiger partial charge on any atom is 0.243 e. The number of carbonyl (C=O) groups is 1. The molecule has 1 aliphatic rings. The predicted octanol–water partition coefficient (Wildman–Crippen LogP) is 3.75. The Morgan fingerprint density at radius 2 is 1.67 bits per heavy atom. The molecule has 0 saturated carbocycles. The molecule has 1 fully saturated rings. The Hall–Kier alpha value is -2.49. The highest BCUT2D eigenvalue weighted by atomic mass is 16.2. The van der Waals surface area contributed by atoms with Crippen LogP contribution in [0, 0.1) is 0 Å². The van der Waals surface area contributed by atoms with Gasteiger partial charge in [0.05, 0.1) is 6.54 Å². The molecular weight excluding hydrogens is 298 g/mol. The Labute approximate surface area is 144 Å². The van der Waals surface area contributed by atoms with Crippen LogP contribution in [0.4, 0.5) is 17.1 Å². The highest BCUT2D eigenvalue weighted by Gasteiger charge is 2.11. The van der Waals surface area contributed by atoms with E-state index in [0.717, 1.165) is 24.5 Å². The number of piperidine rings is 1. The van der Waals surface area contributed by atoms with Gasteiger partial charge in [-0.05, 0) is 55.7 Å². The van der Waals surface area contributed by atoms with Gasteiger partial charge in [0.25, 0.3) is 0 Å². The maximum absolute atomic E-state index is 12.2. The fourth-order valence-corrected chi connectivity index (χ4v) is 3.10. The van der Waals surface area contributed by atoms with Crippen LogP contribution >= 0.6 is 0 Å². The van der Waals surface area contributed by atoms with Crippen molar-refractivity contribution < 1.29 is 4.79 Å². The van der Waals surface area contributed by atoms with Crippen LogP contribution in [0.1, 0.15) is 19.3 Å². The van der Waals surface area contributed by atoms with E-state index in [1.807, 2.05) is 54.4 Å². The first kappa shape index (κ1) is 16.4. The smallest absolute Gasteiger partial charge is 0.243 e. The number of rotatable bonds is 5. The SMILES string of the molecule is CN(CC(=O)Nc1ccc(N2CCCCC2)cc1)c1ccccc1. The minimum absolute atomic E-state index is 0.00734. The van der Waals surface area contributed by atoms with Gasteiger partial charge < -0.3 is 15.1 Å². The van der Waals surface area contributed by atoms with E-state index < -0.39 is 0 Å². The second-order valence-electron chi connectivity index (χ2n) is 6.33. The molecule has 2 aromatic carbocycles. The average molecular weight is 323 g/mol. The summed E-state index contributed by atoms with van der Waals surface area (Å²) < 4.78 is 0. The number of para-hydroxylation sites is 1. The zero-order valence-electron chi connectivity index (χ0n) is 14.2. The number of nitrogens with one attached hydrogen (secondary N) is 1. The van der Waals surface area contributed by atoms with Crippen LogP contribution in [0.5, 0.6) is 0 Å². The summed E-state index contributed by atoms with van der Waals surface area (Å²) in [6, 6.07) is 18.1. The van der Waals surface area contributed by atoms with Crippen LogP contribution in [0.15, 0.2) is 54.6 Å². The molecule has 0 atom stereocenters. The Balaban J connectivity index is 1.54. The second kappa shape index (κ2) is 7.86. The summed E-state index contributed by atoms with van der Waals surface area (Å²) in [4.78, 5) is 16.6. The summed E-state index contributed by atoms with van der Waals surface area (Å²) >= 11 is 0. The van der Waals surface area contributed by atoms with Gasteiger partial charge in [-0.2, -0.15) is 0 Å². The Morgan fingerprint density at radius 3 is 2.33 bits per heavy atom. The normalized spacial score (nSPS) is 14.3. The standard InChI is InChI=1S/C20H25N3O/c1-22(18-8-4-2-5-9-18)16-20(24)21-17-10-12-19(13-11-17)23-14-6-3-7-15-23/h2,4-5,8-13H,3,6-7,14-16H2,1H3,(H,21,24). The molecule has 24 heavy (non-hydrogen) atoms. The molecular formula is C20H25N3O. The van der Waals surface area contributed by atoms with Gasteiger partial charge in [-0.3, -0.25) is 4.79 Å². The lowest BCUT2D eigenvalue weighted by Gasteiger charge is -2.28. The molecule has 0 aliphatic carbocycles. The lowest BCUT2D eigenvalue weighted by atomic mass is 10.1. The fourth-order valence-electron chi connectivity index (χ4n) is 3.10. The molecule has 1 N–H and O–H groups in total. The lowest BCUT2D eigenvalue weighted by molar-refractivity contribution is -0.114. The van der Waals surface area contributed by atoms with Crippen molar-refractivity contribution in [1.29, 1.82) is 0 Å². The first-order valence-electron chi connectivity index (χ1n) is 8.63. The van der Waals surface area contributed by atoms with Gasteiger partial charge in [0.15, 0.2) is 0 Å². The molecule has 0 unspecified atom stereocenters. The minimum atomic E-state index is -0.00734.